The standard InChI is InChI=1S/C27H31N3/c1-18-7-9-26-22(15-18)23-17-28(2)13-12-27(23)30(26)25-6-4-5-21(25)19-8-10-24-20(16-19)11-14-29(24)3/h7-11,14-16,20,24H,4-6,12-13,17H2,1-3H3. The molecule has 0 N–H and O–H groups in total. The van der Waals surface area contributed by atoms with Crippen LogP contribution in [0.4, 0.5) is 0 Å². The Hall–Kier alpha value is -2.52. The molecule has 3 nitrogen and oxygen atoms in total. The summed E-state index contributed by atoms with van der Waals surface area (Å²) < 4.78 is 2.66. The number of aryl methyl sites for hydroxylation is 1. The Labute approximate surface area is 179 Å². The molecule has 0 amide bonds. The molecule has 0 fully saturated rings. The monoisotopic (exact) mass is 397 g/mol. The van der Waals surface area contributed by atoms with Gasteiger partial charge in [-0.25, -0.2) is 0 Å². The Balaban J connectivity index is 1.53. The third kappa shape index (κ3) is 2.68. The number of aromatic nitrogens is 1. The molecule has 2 aliphatic carbocycles. The fraction of sp³-hybridized carbons (Fsp3) is 0.407. The van der Waals surface area contributed by atoms with Gasteiger partial charge in [0.1, 0.15) is 0 Å². The average molecular weight is 398 g/mol. The lowest BCUT2D eigenvalue weighted by atomic mass is 9.89. The van der Waals surface area contributed by atoms with Crippen molar-refractivity contribution in [2.45, 2.75) is 45.2 Å². The zero-order valence-electron chi connectivity index (χ0n) is 18.4. The second kappa shape index (κ2) is 6.75. The summed E-state index contributed by atoms with van der Waals surface area (Å²) in [7, 11) is 4.43. The highest BCUT2D eigenvalue weighted by Gasteiger charge is 2.30. The lowest BCUT2D eigenvalue weighted by Gasteiger charge is -2.27. The Morgan fingerprint density at radius 3 is 2.83 bits per heavy atom. The summed E-state index contributed by atoms with van der Waals surface area (Å²) in [5, 5.41) is 1.46. The van der Waals surface area contributed by atoms with Crippen molar-refractivity contribution in [2.75, 3.05) is 20.6 Å². The summed E-state index contributed by atoms with van der Waals surface area (Å²) in [6.45, 7) is 4.43. The molecule has 0 bridgehead atoms. The summed E-state index contributed by atoms with van der Waals surface area (Å²) in [4.78, 5) is 4.79. The van der Waals surface area contributed by atoms with Crippen LogP contribution >= 0.6 is 0 Å². The molecule has 2 aliphatic heterocycles. The molecule has 4 aliphatic rings. The second-order valence-corrected chi connectivity index (χ2v) is 9.60. The largest absolute Gasteiger partial charge is 0.373 e. The highest BCUT2D eigenvalue weighted by atomic mass is 15.1. The average Bonchev–Trinajstić information content (AvgIpc) is 3.43. The van der Waals surface area contributed by atoms with E-state index in [1.165, 1.54) is 41.3 Å². The van der Waals surface area contributed by atoms with Gasteiger partial charge in [-0.1, -0.05) is 35.9 Å². The molecule has 0 radical (unpaired) electrons. The second-order valence-electron chi connectivity index (χ2n) is 9.60. The van der Waals surface area contributed by atoms with Crippen LogP contribution in [-0.4, -0.2) is 41.0 Å². The number of hydrogen-bond donors (Lipinski definition) is 0. The van der Waals surface area contributed by atoms with E-state index in [9.17, 15) is 0 Å². The molecule has 3 heterocycles. The van der Waals surface area contributed by atoms with Gasteiger partial charge in [0.05, 0.1) is 11.6 Å². The zero-order valence-corrected chi connectivity index (χ0v) is 18.4. The van der Waals surface area contributed by atoms with E-state index in [4.69, 9.17) is 0 Å². The van der Waals surface area contributed by atoms with Crippen molar-refractivity contribution in [2.24, 2.45) is 5.92 Å². The minimum atomic E-state index is 0.498. The van der Waals surface area contributed by atoms with Crippen LogP contribution in [0.5, 0.6) is 0 Å². The maximum atomic E-state index is 2.66. The lowest BCUT2D eigenvalue weighted by Crippen LogP contribution is -2.27. The number of benzene rings is 1. The predicted octanol–water partition coefficient (Wildman–Crippen LogP) is 5.27. The van der Waals surface area contributed by atoms with Gasteiger partial charge in [0.15, 0.2) is 0 Å². The van der Waals surface area contributed by atoms with Crippen LogP contribution in [0, 0.1) is 12.8 Å². The van der Waals surface area contributed by atoms with Crippen LogP contribution in [0.1, 0.15) is 36.1 Å². The van der Waals surface area contributed by atoms with Gasteiger partial charge in [-0.2, -0.15) is 0 Å². The van der Waals surface area contributed by atoms with E-state index in [-0.39, 0.29) is 0 Å². The van der Waals surface area contributed by atoms with Gasteiger partial charge in [0.2, 0.25) is 0 Å². The number of hydrogen-bond acceptors (Lipinski definition) is 2. The molecule has 0 spiro atoms. The Morgan fingerprint density at radius 1 is 1.03 bits per heavy atom. The fourth-order valence-electron chi connectivity index (χ4n) is 6.01. The van der Waals surface area contributed by atoms with Gasteiger partial charge >= 0.3 is 0 Å². The Bertz CT molecular complexity index is 1160. The molecule has 0 saturated carbocycles. The molecule has 6 rings (SSSR count). The van der Waals surface area contributed by atoms with Crippen molar-refractivity contribution in [1.29, 1.82) is 0 Å². The van der Waals surface area contributed by atoms with Crippen LogP contribution in [-0.2, 0) is 13.0 Å². The smallest absolute Gasteiger partial charge is 0.0565 e. The van der Waals surface area contributed by atoms with E-state index >= 15 is 0 Å². The third-order valence-corrected chi connectivity index (χ3v) is 7.55. The van der Waals surface area contributed by atoms with Crippen LogP contribution < -0.4 is 0 Å². The van der Waals surface area contributed by atoms with Crippen molar-refractivity contribution >= 4 is 16.6 Å². The SMILES string of the molecule is Cc1ccc2c(c1)c1c(n2C2=C(C3=CC4C=CN(C)C4C=C3)CCC2)CCN(C)C1. The number of likely N-dealkylation sites (N-methyl/N-ethyl adjacent to an activating group) is 2. The van der Waals surface area contributed by atoms with E-state index in [2.05, 4.69) is 84.1 Å². The highest BCUT2D eigenvalue weighted by molar-refractivity contribution is 5.90. The predicted molar refractivity (Wildman–Crippen MR) is 125 cm³/mol. The van der Waals surface area contributed by atoms with Crippen molar-refractivity contribution in [3.8, 4) is 0 Å². The van der Waals surface area contributed by atoms with Gasteiger partial charge in [0.25, 0.3) is 0 Å². The van der Waals surface area contributed by atoms with Crippen LogP contribution in [0.2, 0.25) is 0 Å². The molecule has 2 unspecified atom stereocenters. The van der Waals surface area contributed by atoms with Gasteiger partial charge < -0.3 is 14.4 Å². The van der Waals surface area contributed by atoms with Crippen molar-refractivity contribution in [1.82, 2.24) is 14.4 Å². The molecule has 0 saturated heterocycles. The third-order valence-electron chi connectivity index (χ3n) is 7.55. The van der Waals surface area contributed by atoms with Crippen LogP contribution in [0.15, 0.2) is 59.8 Å². The molecule has 154 valence electrons. The van der Waals surface area contributed by atoms with Gasteiger partial charge in [0, 0.05) is 49.3 Å². The van der Waals surface area contributed by atoms with Gasteiger partial charge in [-0.3, -0.25) is 0 Å². The number of nitrogens with zero attached hydrogens (tertiary/aromatic N) is 3. The first-order chi connectivity index (χ1) is 14.6. The van der Waals surface area contributed by atoms with E-state index < -0.39 is 0 Å². The van der Waals surface area contributed by atoms with Crippen molar-refractivity contribution in [3.05, 3.63) is 76.7 Å². The summed E-state index contributed by atoms with van der Waals surface area (Å²) in [6, 6.07) is 7.55. The Kier molecular flexibility index (Phi) is 4.11. The molecular formula is C27H31N3. The van der Waals surface area contributed by atoms with Gasteiger partial charge in [-0.05, 0) is 68.3 Å². The minimum absolute atomic E-state index is 0.498. The Morgan fingerprint density at radius 2 is 1.93 bits per heavy atom. The number of fused-ring (bicyclic) bond motifs is 4. The molecule has 2 atom stereocenters. The molecule has 1 aromatic carbocycles. The molecule has 30 heavy (non-hydrogen) atoms. The highest BCUT2D eigenvalue weighted by Crippen LogP contribution is 2.43. The topological polar surface area (TPSA) is 11.4 Å². The zero-order chi connectivity index (χ0) is 20.4. The van der Waals surface area contributed by atoms with Crippen molar-refractivity contribution in [3.63, 3.8) is 0 Å². The first-order valence-electron chi connectivity index (χ1n) is 11.4. The summed E-state index contributed by atoms with van der Waals surface area (Å²) in [6.07, 6.45) is 16.7. The molecule has 2 aromatic rings. The summed E-state index contributed by atoms with van der Waals surface area (Å²) in [5.41, 5.74) is 10.5. The molecule has 3 heteroatoms. The first kappa shape index (κ1) is 18.3. The van der Waals surface area contributed by atoms with E-state index in [0.717, 1.165) is 19.5 Å². The van der Waals surface area contributed by atoms with Gasteiger partial charge in [-0.15, -0.1) is 0 Å². The van der Waals surface area contributed by atoms with Crippen LogP contribution in [0.25, 0.3) is 16.6 Å². The van der Waals surface area contributed by atoms with E-state index in [1.807, 2.05) is 0 Å². The summed E-state index contributed by atoms with van der Waals surface area (Å²) in [5.74, 6) is 0.510. The number of rotatable bonds is 2. The first-order valence-corrected chi connectivity index (χ1v) is 11.4. The normalized spacial score (nSPS) is 26.0. The lowest BCUT2D eigenvalue weighted by molar-refractivity contribution is 0.311. The van der Waals surface area contributed by atoms with E-state index in [1.54, 1.807) is 22.5 Å². The van der Waals surface area contributed by atoms with Crippen LogP contribution in [0.3, 0.4) is 0 Å². The maximum Gasteiger partial charge on any atom is 0.0565 e. The molecular weight excluding hydrogens is 366 g/mol. The number of allylic oxidation sites excluding steroid dienone is 4. The summed E-state index contributed by atoms with van der Waals surface area (Å²) >= 11 is 0. The minimum Gasteiger partial charge on any atom is -0.373 e. The quantitative estimate of drug-likeness (QED) is 0.684. The molecule has 1 aromatic heterocycles. The fourth-order valence-corrected chi connectivity index (χ4v) is 6.01. The maximum absolute atomic E-state index is 2.66. The van der Waals surface area contributed by atoms with Crippen molar-refractivity contribution < 1.29 is 0 Å². The van der Waals surface area contributed by atoms with E-state index in [0.29, 0.717) is 12.0 Å².